The van der Waals surface area contributed by atoms with Gasteiger partial charge in [-0.2, -0.15) is 0 Å². The number of carbonyl (C=O) groups excluding carboxylic acids is 1. The molecular weight excluding hydrogens is 441 g/mol. The molecule has 1 amide bonds. The number of likely N-dealkylation sites (tertiary alicyclic amines) is 2. The van der Waals surface area contributed by atoms with Crippen molar-refractivity contribution >= 4 is 35.8 Å². The normalized spacial score (nSPS) is 24.0. The fourth-order valence-electron chi connectivity index (χ4n) is 3.85. The number of carbonyl (C=O) groups is 1. The summed E-state index contributed by atoms with van der Waals surface area (Å²) in [5.41, 5.74) is 0. The molecule has 6 nitrogen and oxygen atoms in total. The molecule has 2 atom stereocenters. The summed E-state index contributed by atoms with van der Waals surface area (Å²) in [5, 5.41) is 6.90. The summed E-state index contributed by atoms with van der Waals surface area (Å²) in [6.07, 6.45) is 4.12. The van der Waals surface area contributed by atoms with Crippen LogP contribution in [0.4, 0.5) is 0 Å². The average molecular weight is 479 g/mol. The van der Waals surface area contributed by atoms with Gasteiger partial charge in [0.1, 0.15) is 0 Å². The molecule has 0 radical (unpaired) electrons. The number of halogens is 1. The van der Waals surface area contributed by atoms with Crippen molar-refractivity contribution in [2.45, 2.75) is 65.5 Å². The van der Waals surface area contributed by atoms with E-state index in [0.29, 0.717) is 24.4 Å². The van der Waals surface area contributed by atoms with Crippen LogP contribution in [-0.2, 0) is 4.79 Å². The minimum Gasteiger partial charge on any atom is -0.357 e. The van der Waals surface area contributed by atoms with Crippen LogP contribution < -0.4 is 10.6 Å². The van der Waals surface area contributed by atoms with Gasteiger partial charge in [-0.25, -0.2) is 0 Å². The SMILES string of the molecule is CCNC(=NC[C@H]1CCCN1CC(C)C)NC1CCN(C(=O)CC)C1.I. The van der Waals surface area contributed by atoms with E-state index < -0.39 is 0 Å². The van der Waals surface area contributed by atoms with Crippen LogP contribution in [0.2, 0.25) is 0 Å². The van der Waals surface area contributed by atoms with E-state index >= 15 is 0 Å². The van der Waals surface area contributed by atoms with Crippen molar-refractivity contribution in [2.75, 3.05) is 39.3 Å². The zero-order valence-electron chi connectivity index (χ0n) is 17.0. The van der Waals surface area contributed by atoms with Gasteiger partial charge in [0.2, 0.25) is 5.91 Å². The van der Waals surface area contributed by atoms with Gasteiger partial charge in [-0.3, -0.25) is 14.7 Å². The van der Waals surface area contributed by atoms with Crippen LogP contribution in [0.1, 0.15) is 53.4 Å². The molecule has 0 aromatic rings. The Hall–Kier alpha value is -0.570. The molecule has 0 aromatic carbocycles. The monoisotopic (exact) mass is 479 g/mol. The second-order valence-electron chi connectivity index (χ2n) is 7.73. The van der Waals surface area contributed by atoms with Crippen LogP contribution in [0, 0.1) is 5.92 Å². The predicted molar refractivity (Wildman–Crippen MR) is 119 cm³/mol. The number of hydrogen-bond donors (Lipinski definition) is 2. The molecule has 2 rings (SSSR count). The van der Waals surface area contributed by atoms with Gasteiger partial charge in [0.25, 0.3) is 0 Å². The average Bonchev–Trinajstić information content (AvgIpc) is 3.21. The molecule has 0 saturated carbocycles. The first-order valence-electron chi connectivity index (χ1n) is 10.1. The van der Waals surface area contributed by atoms with Crippen molar-refractivity contribution in [3.05, 3.63) is 0 Å². The Kier molecular flexibility index (Phi) is 10.8. The van der Waals surface area contributed by atoms with Crippen LogP contribution in [0.15, 0.2) is 4.99 Å². The Morgan fingerprint density at radius 2 is 2.00 bits per heavy atom. The molecule has 1 unspecified atom stereocenters. The quantitative estimate of drug-likeness (QED) is 0.334. The smallest absolute Gasteiger partial charge is 0.222 e. The van der Waals surface area contributed by atoms with Crippen molar-refractivity contribution in [2.24, 2.45) is 10.9 Å². The topological polar surface area (TPSA) is 60.0 Å². The molecule has 0 spiro atoms. The fourth-order valence-corrected chi connectivity index (χ4v) is 3.85. The lowest BCUT2D eigenvalue weighted by atomic mass is 10.2. The number of hydrogen-bond acceptors (Lipinski definition) is 3. The molecule has 0 aromatic heterocycles. The van der Waals surface area contributed by atoms with Gasteiger partial charge in [-0.1, -0.05) is 20.8 Å². The third-order valence-corrected chi connectivity index (χ3v) is 5.09. The Morgan fingerprint density at radius 1 is 1.23 bits per heavy atom. The van der Waals surface area contributed by atoms with Crippen LogP contribution in [0.25, 0.3) is 0 Å². The van der Waals surface area contributed by atoms with E-state index in [1.807, 2.05) is 11.8 Å². The highest BCUT2D eigenvalue weighted by atomic mass is 127. The molecule has 2 saturated heterocycles. The third-order valence-electron chi connectivity index (χ3n) is 5.09. The summed E-state index contributed by atoms with van der Waals surface area (Å²) in [4.78, 5) is 21.3. The van der Waals surface area contributed by atoms with Gasteiger partial charge >= 0.3 is 0 Å². The molecule has 0 bridgehead atoms. The highest BCUT2D eigenvalue weighted by Gasteiger charge is 2.27. The van der Waals surface area contributed by atoms with Gasteiger partial charge in [-0.15, -0.1) is 24.0 Å². The lowest BCUT2D eigenvalue weighted by Crippen LogP contribution is -2.45. The van der Waals surface area contributed by atoms with Crippen molar-refractivity contribution in [3.8, 4) is 0 Å². The first-order valence-corrected chi connectivity index (χ1v) is 10.1. The van der Waals surface area contributed by atoms with E-state index in [4.69, 9.17) is 4.99 Å². The summed E-state index contributed by atoms with van der Waals surface area (Å²) >= 11 is 0. The molecule has 2 aliphatic heterocycles. The zero-order valence-corrected chi connectivity index (χ0v) is 19.3. The van der Waals surface area contributed by atoms with E-state index in [-0.39, 0.29) is 29.9 Å². The molecule has 152 valence electrons. The number of nitrogens with one attached hydrogen (secondary N) is 2. The summed E-state index contributed by atoms with van der Waals surface area (Å²) in [6, 6.07) is 0.878. The lowest BCUT2D eigenvalue weighted by molar-refractivity contribution is -0.129. The Bertz CT molecular complexity index is 457. The van der Waals surface area contributed by atoms with Crippen molar-refractivity contribution in [3.63, 3.8) is 0 Å². The van der Waals surface area contributed by atoms with Gasteiger partial charge in [-0.05, 0) is 38.6 Å². The maximum atomic E-state index is 11.8. The number of nitrogens with zero attached hydrogens (tertiary/aromatic N) is 3. The molecule has 2 N–H and O–H groups in total. The fraction of sp³-hybridized carbons (Fsp3) is 0.895. The largest absolute Gasteiger partial charge is 0.357 e. The van der Waals surface area contributed by atoms with Crippen molar-refractivity contribution < 1.29 is 4.79 Å². The Morgan fingerprint density at radius 3 is 2.65 bits per heavy atom. The van der Waals surface area contributed by atoms with Crippen LogP contribution >= 0.6 is 24.0 Å². The highest BCUT2D eigenvalue weighted by molar-refractivity contribution is 14.0. The first kappa shape index (κ1) is 23.5. The number of aliphatic imine (C=N–C) groups is 1. The summed E-state index contributed by atoms with van der Waals surface area (Å²) < 4.78 is 0. The third kappa shape index (κ3) is 7.21. The van der Waals surface area contributed by atoms with E-state index in [1.54, 1.807) is 0 Å². The lowest BCUT2D eigenvalue weighted by Gasteiger charge is -2.25. The Balaban J connectivity index is 0.00000338. The first-order chi connectivity index (χ1) is 12.0. The maximum absolute atomic E-state index is 11.8. The van der Waals surface area contributed by atoms with Gasteiger partial charge in [0.15, 0.2) is 5.96 Å². The van der Waals surface area contributed by atoms with Crippen LogP contribution in [-0.4, -0.2) is 73.0 Å². The van der Waals surface area contributed by atoms with E-state index in [2.05, 4.69) is 36.3 Å². The molecule has 26 heavy (non-hydrogen) atoms. The van der Waals surface area contributed by atoms with Gasteiger partial charge in [0.05, 0.1) is 6.54 Å². The van der Waals surface area contributed by atoms with Gasteiger partial charge < -0.3 is 15.5 Å². The zero-order chi connectivity index (χ0) is 18.2. The Labute approximate surface area is 176 Å². The van der Waals surface area contributed by atoms with Crippen molar-refractivity contribution in [1.29, 1.82) is 0 Å². The summed E-state index contributed by atoms with van der Waals surface area (Å²) in [5.74, 6) is 1.85. The molecule has 7 heteroatoms. The molecule has 2 heterocycles. The summed E-state index contributed by atoms with van der Waals surface area (Å²) in [6.45, 7) is 14.3. The molecule has 0 aliphatic carbocycles. The molecular formula is C19H38IN5O. The maximum Gasteiger partial charge on any atom is 0.222 e. The van der Waals surface area contributed by atoms with E-state index in [1.165, 1.54) is 25.9 Å². The predicted octanol–water partition coefficient (Wildman–Crippen LogP) is 2.29. The van der Waals surface area contributed by atoms with E-state index in [0.717, 1.165) is 38.6 Å². The standard InChI is InChI=1S/C19H37N5O.HI/c1-5-18(25)24-11-9-16(14-24)22-19(20-6-2)21-12-17-8-7-10-23(17)13-15(3)4;/h15-17H,5-14H2,1-4H3,(H2,20,21,22);1H/t16?,17-;/m1./s1. The van der Waals surface area contributed by atoms with Gasteiger partial charge in [0, 0.05) is 44.7 Å². The summed E-state index contributed by atoms with van der Waals surface area (Å²) in [7, 11) is 0. The number of rotatable bonds is 7. The van der Waals surface area contributed by atoms with E-state index in [9.17, 15) is 4.79 Å². The number of amides is 1. The molecule has 2 fully saturated rings. The highest BCUT2D eigenvalue weighted by Crippen LogP contribution is 2.19. The minimum atomic E-state index is 0. The van der Waals surface area contributed by atoms with Crippen molar-refractivity contribution in [1.82, 2.24) is 20.4 Å². The minimum absolute atomic E-state index is 0. The number of guanidine groups is 1. The second-order valence-corrected chi connectivity index (χ2v) is 7.73. The molecule has 2 aliphatic rings. The van der Waals surface area contributed by atoms with Crippen LogP contribution in [0.3, 0.4) is 0 Å². The second kappa shape index (κ2) is 12.0. The van der Waals surface area contributed by atoms with Crippen LogP contribution in [0.5, 0.6) is 0 Å².